The van der Waals surface area contributed by atoms with Crippen LogP contribution in [0.25, 0.3) is 0 Å². The summed E-state index contributed by atoms with van der Waals surface area (Å²) in [5, 5.41) is 2.93. The third-order valence-corrected chi connectivity index (χ3v) is 4.40. The van der Waals surface area contributed by atoms with E-state index in [1.54, 1.807) is 0 Å². The summed E-state index contributed by atoms with van der Waals surface area (Å²) in [6.07, 6.45) is 1.09. The highest BCUT2D eigenvalue weighted by atomic mass is 35.5. The largest absolute Gasteiger partial charge is 0.326 e. The Hall–Kier alpha value is -0.870. The molecule has 19 heavy (non-hydrogen) atoms. The molecule has 0 saturated heterocycles. The quantitative estimate of drug-likeness (QED) is 0.883. The molecule has 4 heteroatoms. The molecule has 0 saturated carbocycles. The Morgan fingerprint density at radius 3 is 2.79 bits per heavy atom. The molecule has 1 aromatic heterocycles. The van der Waals surface area contributed by atoms with Crippen LogP contribution in [0.4, 0.5) is 0 Å². The van der Waals surface area contributed by atoms with Gasteiger partial charge in [-0.1, -0.05) is 29.8 Å². The summed E-state index contributed by atoms with van der Waals surface area (Å²) in [4.78, 5) is 3.72. The molecule has 0 spiro atoms. The van der Waals surface area contributed by atoms with E-state index in [0.29, 0.717) is 6.54 Å². The molecule has 0 radical (unpaired) electrons. The lowest BCUT2D eigenvalue weighted by molar-refractivity contribution is 0.332. The minimum Gasteiger partial charge on any atom is -0.326 e. The van der Waals surface area contributed by atoms with Gasteiger partial charge in [-0.3, -0.25) is 0 Å². The van der Waals surface area contributed by atoms with Gasteiger partial charge < -0.3 is 10.6 Å². The van der Waals surface area contributed by atoms with Crippen LogP contribution in [0.5, 0.6) is 0 Å². The maximum atomic E-state index is 6.27. The van der Waals surface area contributed by atoms with Crippen LogP contribution in [0.2, 0.25) is 5.02 Å². The number of hydrogen-bond acceptors (Lipinski definition) is 3. The second-order valence-corrected chi connectivity index (χ2v) is 6.14. The van der Waals surface area contributed by atoms with Gasteiger partial charge in [-0.15, -0.1) is 11.3 Å². The molecule has 0 unspecified atom stereocenters. The van der Waals surface area contributed by atoms with Crippen molar-refractivity contribution in [3.05, 3.63) is 56.7 Å². The van der Waals surface area contributed by atoms with Crippen LogP contribution in [0.3, 0.4) is 0 Å². The molecule has 0 amide bonds. The van der Waals surface area contributed by atoms with Crippen molar-refractivity contribution in [1.29, 1.82) is 0 Å². The van der Waals surface area contributed by atoms with Crippen LogP contribution >= 0.6 is 22.9 Å². The monoisotopic (exact) mass is 294 g/mol. The number of thiophene rings is 1. The molecular weight excluding hydrogens is 276 g/mol. The number of likely N-dealkylation sites (N-methyl/N-ethyl adjacent to an activating group) is 1. The predicted octanol–water partition coefficient (Wildman–Crippen LogP) is 3.53. The van der Waals surface area contributed by atoms with Crippen LogP contribution in [-0.2, 0) is 19.5 Å². The number of benzene rings is 1. The van der Waals surface area contributed by atoms with Gasteiger partial charge in [0, 0.05) is 29.5 Å². The molecule has 2 N–H and O–H groups in total. The van der Waals surface area contributed by atoms with E-state index >= 15 is 0 Å². The summed E-state index contributed by atoms with van der Waals surface area (Å²) in [5.41, 5.74) is 7.84. The van der Waals surface area contributed by atoms with Gasteiger partial charge >= 0.3 is 0 Å². The summed E-state index contributed by atoms with van der Waals surface area (Å²) in [6.45, 7) is 2.44. The van der Waals surface area contributed by atoms with E-state index in [2.05, 4.69) is 35.5 Å². The van der Waals surface area contributed by atoms with Crippen LogP contribution in [-0.4, -0.2) is 18.5 Å². The predicted molar refractivity (Wildman–Crippen MR) is 83.7 cm³/mol. The third-order valence-electron chi connectivity index (χ3n) is 3.11. The Morgan fingerprint density at radius 1 is 1.32 bits per heavy atom. The zero-order valence-electron chi connectivity index (χ0n) is 11.1. The molecule has 0 bridgehead atoms. The number of hydrogen-bond donors (Lipinski definition) is 1. The van der Waals surface area contributed by atoms with Gasteiger partial charge in [0.1, 0.15) is 0 Å². The molecule has 0 atom stereocenters. The van der Waals surface area contributed by atoms with E-state index in [1.165, 1.54) is 4.88 Å². The molecule has 1 aromatic carbocycles. The van der Waals surface area contributed by atoms with Crippen LogP contribution in [0, 0.1) is 0 Å². The Bertz CT molecular complexity index is 511. The van der Waals surface area contributed by atoms with Crippen molar-refractivity contribution < 1.29 is 0 Å². The van der Waals surface area contributed by atoms with Gasteiger partial charge in [-0.2, -0.15) is 0 Å². The fraction of sp³-hybridized carbons (Fsp3) is 0.333. The summed E-state index contributed by atoms with van der Waals surface area (Å²) in [6, 6.07) is 10.4. The lowest BCUT2D eigenvalue weighted by atomic mass is 10.1. The Labute approximate surface area is 123 Å². The second-order valence-electron chi connectivity index (χ2n) is 4.70. The van der Waals surface area contributed by atoms with Gasteiger partial charge in [-0.05, 0) is 42.1 Å². The van der Waals surface area contributed by atoms with Crippen molar-refractivity contribution >= 4 is 22.9 Å². The van der Waals surface area contributed by atoms with Gasteiger partial charge in [0.2, 0.25) is 0 Å². The van der Waals surface area contributed by atoms with Gasteiger partial charge in [0.15, 0.2) is 0 Å². The Balaban J connectivity index is 1.89. The highest BCUT2D eigenvalue weighted by molar-refractivity contribution is 7.09. The normalized spacial score (nSPS) is 11.2. The fourth-order valence-electron chi connectivity index (χ4n) is 1.97. The van der Waals surface area contributed by atoms with E-state index < -0.39 is 0 Å². The van der Waals surface area contributed by atoms with E-state index in [9.17, 15) is 0 Å². The molecule has 0 aliphatic heterocycles. The molecular formula is C15H19ClN2S. The first-order chi connectivity index (χ1) is 9.19. The average Bonchev–Trinajstić information content (AvgIpc) is 2.92. The number of nitrogens with two attached hydrogens (primary N) is 1. The van der Waals surface area contributed by atoms with E-state index in [-0.39, 0.29) is 0 Å². The summed E-state index contributed by atoms with van der Waals surface area (Å²) in [7, 11) is 2.13. The first-order valence-electron chi connectivity index (χ1n) is 6.37. The van der Waals surface area contributed by atoms with Crippen molar-refractivity contribution in [3.63, 3.8) is 0 Å². The Kier molecular flexibility index (Phi) is 5.40. The number of halogens is 1. The Morgan fingerprint density at radius 2 is 2.16 bits per heavy atom. The molecule has 1 heterocycles. The molecule has 2 aromatic rings. The zero-order chi connectivity index (χ0) is 13.7. The SMILES string of the molecule is CN(CCc1cccs1)Cc1ccc(CN)cc1Cl. The van der Waals surface area contributed by atoms with E-state index in [0.717, 1.165) is 35.7 Å². The second kappa shape index (κ2) is 7.06. The van der Waals surface area contributed by atoms with E-state index in [1.807, 2.05) is 23.5 Å². The number of rotatable bonds is 6. The molecule has 0 aliphatic carbocycles. The smallest absolute Gasteiger partial charge is 0.0454 e. The number of nitrogens with zero attached hydrogens (tertiary/aromatic N) is 1. The highest BCUT2D eigenvalue weighted by Gasteiger charge is 2.06. The van der Waals surface area contributed by atoms with Gasteiger partial charge in [0.25, 0.3) is 0 Å². The lowest BCUT2D eigenvalue weighted by Crippen LogP contribution is -2.20. The minimum absolute atomic E-state index is 0.536. The van der Waals surface area contributed by atoms with Crippen molar-refractivity contribution in [3.8, 4) is 0 Å². The van der Waals surface area contributed by atoms with Crippen LogP contribution in [0.1, 0.15) is 16.0 Å². The maximum absolute atomic E-state index is 6.27. The van der Waals surface area contributed by atoms with Crippen molar-refractivity contribution in [2.24, 2.45) is 5.73 Å². The summed E-state index contributed by atoms with van der Waals surface area (Å²) >= 11 is 8.08. The zero-order valence-corrected chi connectivity index (χ0v) is 12.7. The molecule has 2 nitrogen and oxygen atoms in total. The van der Waals surface area contributed by atoms with Gasteiger partial charge in [-0.25, -0.2) is 0 Å². The maximum Gasteiger partial charge on any atom is 0.0454 e. The molecule has 0 aliphatic rings. The minimum atomic E-state index is 0.536. The van der Waals surface area contributed by atoms with Gasteiger partial charge in [0.05, 0.1) is 0 Å². The van der Waals surface area contributed by atoms with Crippen molar-refractivity contribution in [2.45, 2.75) is 19.5 Å². The summed E-state index contributed by atoms with van der Waals surface area (Å²) < 4.78 is 0. The topological polar surface area (TPSA) is 29.3 Å². The average molecular weight is 295 g/mol. The van der Waals surface area contributed by atoms with Crippen molar-refractivity contribution in [2.75, 3.05) is 13.6 Å². The third kappa shape index (κ3) is 4.32. The first kappa shape index (κ1) is 14.5. The van der Waals surface area contributed by atoms with Crippen LogP contribution in [0.15, 0.2) is 35.7 Å². The fourth-order valence-corrected chi connectivity index (χ4v) is 2.93. The molecule has 0 fully saturated rings. The molecule has 102 valence electrons. The molecule has 2 rings (SSSR count). The first-order valence-corrected chi connectivity index (χ1v) is 7.63. The van der Waals surface area contributed by atoms with Crippen molar-refractivity contribution in [1.82, 2.24) is 4.90 Å². The lowest BCUT2D eigenvalue weighted by Gasteiger charge is -2.17. The highest BCUT2D eigenvalue weighted by Crippen LogP contribution is 2.19. The van der Waals surface area contributed by atoms with Crippen LogP contribution < -0.4 is 5.73 Å². The van der Waals surface area contributed by atoms with E-state index in [4.69, 9.17) is 17.3 Å². The standard InChI is InChI=1S/C15H19ClN2S/c1-18(7-6-14-3-2-8-19-14)11-13-5-4-12(10-17)9-15(13)16/h2-5,8-9H,6-7,10-11,17H2,1H3. The summed E-state index contributed by atoms with van der Waals surface area (Å²) in [5.74, 6) is 0.